The molecule has 177 valence electrons. The van der Waals surface area contributed by atoms with Crippen LogP contribution in [-0.2, 0) is 26.4 Å². The fourth-order valence-corrected chi connectivity index (χ4v) is 2.00. The second kappa shape index (κ2) is 23.2. The monoisotopic (exact) mass is 605 g/mol. The van der Waals surface area contributed by atoms with Crippen molar-refractivity contribution in [1.82, 2.24) is 19.9 Å². The van der Waals surface area contributed by atoms with Crippen LogP contribution in [-0.4, -0.2) is 56.0 Å². The number of halogens is 2. The van der Waals surface area contributed by atoms with E-state index >= 15 is 0 Å². The van der Waals surface area contributed by atoms with Crippen molar-refractivity contribution < 1.29 is 60.3 Å². The van der Waals surface area contributed by atoms with Crippen LogP contribution < -0.4 is 34.0 Å². The molecule has 8 nitrogen and oxygen atoms in total. The third-order valence-corrected chi connectivity index (χ3v) is 3.14. The maximum atomic E-state index is 10.8. The molecular formula is C20H32Br2CoN6O2. The fraction of sp³-hybridized carbons (Fsp3) is 0.500. The van der Waals surface area contributed by atoms with Crippen LogP contribution in [0.4, 0.5) is 0 Å². The summed E-state index contributed by atoms with van der Waals surface area (Å²) in [5.41, 5.74) is 1.68. The molecule has 2 rings (SSSR count). The molecule has 0 aliphatic heterocycles. The molecular weight excluding hydrogens is 575 g/mol. The molecule has 1 radical (unpaired) electrons. The van der Waals surface area contributed by atoms with E-state index in [1.807, 2.05) is 27.7 Å². The summed E-state index contributed by atoms with van der Waals surface area (Å²) in [4.78, 5) is 43.5. The Labute approximate surface area is 216 Å². The predicted molar refractivity (Wildman–Crippen MR) is 113 cm³/mol. The second-order valence-electron chi connectivity index (χ2n) is 6.34. The van der Waals surface area contributed by atoms with E-state index in [0.29, 0.717) is 25.9 Å². The van der Waals surface area contributed by atoms with E-state index in [9.17, 15) is 9.59 Å². The first-order valence-corrected chi connectivity index (χ1v) is 9.11. The van der Waals surface area contributed by atoms with Gasteiger partial charge in [-0.3, -0.25) is 19.6 Å². The average molecular weight is 607 g/mol. The van der Waals surface area contributed by atoms with Crippen LogP contribution >= 0.6 is 0 Å². The Morgan fingerprint density at radius 3 is 1.26 bits per heavy atom. The van der Waals surface area contributed by atoms with Gasteiger partial charge in [0, 0.05) is 49.1 Å². The number of aromatic amines is 2. The Morgan fingerprint density at radius 2 is 1.10 bits per heavy atom. The zero-order chi connectivity index (χ0) is 21.4. The summed E-state index contributed by atoms with van der Waals surface area (Å²) in [5, 5.41) is 0. The largest absolute Gasteiger partial charge is 2.00 e. The van der Waals surface area contributed by atoms with Gasteiger partial charge in [-0.05, 0) is 41.5 Å². The van der Waals surface area contributed by atoms with Crippen molar-refractivity contribution in [2.45, 2.75) is 54.4 Å². The predicted octanol–water partition coefficient (Wildman–Crippen LogP) is -2.69. The second-order valence-corrected chi connectivity index (χ2v) is 6.34. The van der Waals surface area contributed by atoms with E-state index in [1.165, 1.54) is 0 Å². The summed E-state index contributed by atoms with van der Waals surface area (Å²) in [5.74, 6) is 2.18. The number of rotatable bonds is 7. The molecule has 0 bridgehead atoms. The fourth-order valence-electron chi connectivity index (χ4n) is 2.00. The van der Waals surface area contributed by atoms with E-state index in [4.69, 9.17) is 0 Å². The van der Waals surface area contributed by atoms with Crippen LogP contribution in [0.2, 0.25) is 0 Å². The van der Waals surface area contributed by atoms with Crippen LogP contribution in [0.1, 0.15) is 52.2 Å². The summed E-state index contributed by atoms with van der Waals surface area (Å²) in [6.07, 6.45) is 7.89. The molecule has 2 N–H and O–H groups in total. The molecule has 0 aliphatic rings. The van der Waals surface area contributed by atoms with Gasteiger partial charge in [-0.15, -0.1) is 0 Å². The summed E-state index contributed by atoms with van der Waals surface area (Å²) in [7, 11) is 0. The number of ketones is 2. The molecule has 0 saturated carbocycles. The molecule has 0 unspecified atom stereocenters. The van der Waals surface area contributed by atoms with Crippen molar-refractivity contribution in [2.24, 2.45) is 9.98 Å². The zero-order valence-electron chi connectivity index (χ0n) is 18.8. The Bertz CT molecular complexity index is 684. The number of Topliss-reactive ketones (excluding diaryl/α,β-unsaturated/α-hetero) is 2. The average Bonchev–Trinajstić information content (AvgIpc) is 3.25. The number of nitrogens with zero attached hydrogens (tertiary/aromatic N) is 4. The molecule has 0 atom stereocenters. The Kier molecular flexibility index (Phi) is 27.7. The van der Waals surface area contributed by atoms with Gasteiger partial charge in [-0.1, -0.05) is 0 Å². The first kappa shape index (κ1) is 36.9. The first-order valence-electron chi connectivity index (χ1n) is 9.11. The summed E-state index contributed by atoms with van der Waals surface area (Å²) in [6.45, 7) is 11.8. The number of H-pyrrole nitrogens is 2. The van der Waals surface area contributed by atoms with Crippen LogP contribution in [0.3, 0.4) is 0 Å². The van der Waals surface area contributed by atoms with Gasteiger partial charge in [0.05, 0.1) is 13.1 Å². The van der Waals surface area contributed by atoms with E-state index in [-0.39, 0.29) is 62.3 Å². The molecule has 0 saturated heterocycles. The van der Waals surface area contributed by atoms with Gasteiger partial charge in [0.2, 0.25) is 0 Å². The smallest absolute Gasteiger partial charge is 1.00 e. The van der Waals surface area contributed by atoms with Crippen molar-refractivity contribution in [3.8, 4) is 0 Å². The molecule has 0 amide bonds. The summed E-state index contributed by atoms with van der Waals surface area (Å²) in [6, 6.07) is 0. The topological polar surface area (TPSA) is 116 Å². The molecule has 0 spiro atoms. The molecule has 0 fully saturated rings. The number of carbonyl (C=O) groups is 2. The third kappa shape index (κ3) is 26.5. The van der Waals surface area contributed by atoms with Crippen molar-refractivity contribution in [3.63, 3.8) is 0 Å². The number of hydrogen-bond acceptors (Lipinski definition) is 6. The van der Waals surface area contributed by atoms with Gasteiger partial charge in [0.25, 0.3) is 0 Å². The minimum atomic E-state index is 0. The number of aliphatic imine (C=N–C) groups is 2. The normalized spacial score (nSPS) is 10.0. The van der Waals surface area contributed by atoms with Gasteiger partial charge in [0.1, 0.15) is 23.2 Å². The first-order chi connectivity index (χ1) is 13.2. The van der Waals surface area contributed by atoms with Gasteiger partial charge in [-0.25, -0.2) is 9.97 Å². The van der Waals surface area contributed by atoms with Crippen molar-refractivity contribution >= 4 is 23.0 Å². The molecule has 2 aromatic heterocycles. The van der Waals surface area contributed by atoms with Crippen LogP contribution in [0.25, 0.3) is 0 Å². The quantitative estimate of drug-likeness (QED) is 0.264. The molecule has 11 heteroatoms. The van der Waals surface area contributed by atoms with Gasteiger partial charge >= 0.3 is 16.8 Å². The van der Waals surface area contributed by atoms with Crippen molar-refractivity contribution in [1.29, 1.82) is 0 Å². The van der Waals surface area contributed by atoms with Crippen LogP contribution in [0, 0.1) is 13.8 Å². The molecule has 2 aromatic rings. The summed E-state index contributed by atoms with van der Waals surface area (Å²) < 4.78 is 0. The van der Waals surface area contributed by atoms with E-state index in [1.54, 1.807) is 38.6 Å². The summed E-state index contributed by atoms with van der Waals surface area (Å²) >= 11 is 0. The molecule has 0 aromatic carbocycles. The van der Waals surface area contributed by atoms with E-state index in [2.05, 4.69) is 29.9 Å². The van der Waals surface area contributed by atoms with Crippen molar-refractivity contribution in [3.05, 3.63) is 36.4 Å². The molecule has 2 heterocycles. The van der Waals surface area contributed by atoms with Crippen LogP contribution in [0.15, 0.2) is 34.8 Å². The Hall–Kier alpha value is -1.43. The molecule has 0 aliphatic carbocycles. The number of nitrogens with one attached hydrogen (secondary N) is 2. The van der Waals surface area contributed by atoms with Gasteiger partial charge in [0.15, 0.2) is 0 Å². The standard InChI is InChI=1S/C12H20N2O2.2C4H6N2.2BrH.Co/c1-9(7-11(3)15)13-5-6-14-10(2)8-12(4)16;2*1-4-5-2-3-6-4;;;/h5-8H2,1-4H3;2*2-3H,1H3,(H,5,6);2*1H;/q;;;;;+2/p-2. The van der Waals surface area contributed by atoms with Gasteiger partial charge in [-0.2, -0.15) is 0 Å². The van der Waals surface area contributed by atoms with E-state index < -0.39 is 0 Å². The number of aromatic nitrogens is 4. The zero-order valence-corrected chi connectivity index (χ0v) is 23.0. The minimum absolute atomic E-state index is 0. The number of imidazole rings is 2. The SMILES string of the molecule is CC(=O)CC(C)=NCCN=C(C)CC(C)=O.Cc1ncc[nH]1.Cc1ncc[nH]1.[Br-].[Br-].[Co+2]. The minimum Gasteiger partial charge on any atom is -1.00 e. The van der Waals surface area contributed by atoms with Crippen molar-refractivity contribution in [2.75, 3.05) is 13.1 Å². The van der Waals surface area contributed by atoms with E-state index in [0.717, 1.165) is 23.1 Å². The number of aryl methyl sites for hydroxylation is 2. The number of carbonyl (C=O) groups excluding carboxylic acids is 2. The molecule has 31 heavy (non-hydrogen) atoms. The number of hydrogen-bond donors (Lipinski definition) is 2. The third-order valence-electron chi connectivity index (χ3n) is 3.14. The maximum Gasteiger partial charge on any atom is 2.00 e. The van der Waals surface area contributed by atoms with Gasteiger partial charge < -0.3 is 43.9 Å². The maximum absolute atomic E-state index is 10.8. The Morgan fingerprint density at radius 1 is 0.774 bits per heavy atom. The van der Waals surface area contributed by atoms with Crippen LogP contribution in [0.5, 0.6) is 0 Å². The Balaban J connectivity index is -0.000000200.